The highest BCUT2D eigenvalue weighted by molar-refractivity contribution is 5.85. The average molecular weight is 184 g/mol. The molecular weight excluding hydrogens is 168 g/mol. The van der Waals surface area contributed by atoms with E-state index in [2.05, 4.69) is 5.32 Å². The van der Waals surface area contributed by atoms with Crippen molar-refractivity contribution < 1.29 is 9.59 Å². The monoisotopic (exact) mass is 184 g/mol. The standard InChI is InChI=1S/C9H16N2O2/c1-2-8(12)7(10)5-6-3-4-11-9(6)13/h6-7H,2-5,10H2,1H3,(H,11,13)/t6-,7-/m0/s1. The van der Waals surface area contributed by atoms with Crippen molar-refractivity contribution in [1.29, 1.82) is 0 Å². The Balaban J connectivity index is 2.39. The molecule has 0 radical (unpaired) electrons. The van der Waals surface area contributed by atoms with Gasteiger partial charge in [-0.25, -0.2) is 0 Å². The lowest BCUT2D eigenvalue weighted by Gasteiger charge is -2.12. The zero-order valence-corrected chi connectivity index (χ0v) is 7.88. The van der Waals surface area contributed by atoms with Crippen LogP contribution in [0.25, 0.3) is 0 Å². The largest absolute Gasteiger partial charge is 0.356 e. The van der Waals surface area contributed by atoms with E-state index in [4.69, 9.17) is 5.73 Å². The Labute approximate surface area is 77.9 Å². The third kappa shape index (κ3) is 2.52. The van der Waals surface area contributed by atoms with Crippen LogP contribution in [0.1, 0.15) is 26.2 Å². The summed E-state index contributed by atoms with van der Waals surface area (Å²) < 4.78 is 0. The summed E-state index contributed by atoms with van der Waals surface area (Å²) in [5.74, 6) is 0.0320. The SMILES string of the molecule is CCC(=O)[C@@H](N)C[C@@H]1CCNC1=O. The molecule has 0 saturated carbocycles. The van der Waals surface area contributed by atoms with Gasteiger partial charge in [-0.3, -0.25) is 9.59 Å². The van der Waals surface area contributed by atoms with Crippen molar-refractivity contribution in [2.24, 2.45) is 11.7 Å². The highest BCUT2D eigenvalue weighted by atomic mass is 16.2. The minimum atomic E-state index is -0.459. The fraction of sp³-hybridized carbons (Fsp3) is 0.778. The minimum absolute atomic E-state index is 0.0411. The maximum atomic E-state index is 11.1. The molecule has 1 heterocycles. The van der Waals surface area contributed by atoms with E-state index in [1.807, 2.05) is 0 Å². The molecule has 0 aromatic heterocycles. The summed E-state index contributed by atoms with van der Waals surface area (Å²) in [6, 6.07) is -0.459. The minimum Gasteiger partial charge on any atom is -0.356 e. The smallest absolute Gasteiger partial charge is 0.223 e. The van der Waals surface area contributed by atoms with Crippen LogP contribution in [0.5, 0.6) is 0 Å². The summed E-state index contributed by atoms with van der Waals surface area (Å²) in [6.07, 6.45) is 1.76. The maximum Gasteiger partial charge on any atom is 0.223 e. The van der Waals surface area contributed by atoms with Gasteiger partial charge >= 0.3 is 0 Å². The van der Waals surface area contributed by atoms with Crippen LogP contribution in [0, 0.1) is 5.92 Å². The molecule has 1 saturated heterocycles. The number of nitrogens with two attached hydrogens (primary N) is 1. The van der Waals surface area contributed by atoms with E-state index in [-0.39, 0.29) is 17.6 Å². The van der Waals surface area contributed by atoms with Crippen LogP contribution in [0.2, 0.25) is 0 Å². The first-order chi connectivity index (χ1) is 6.15. The Bertz CT molecular complexity index is 216. The lowest BCUT2D eigenvalue weighted by Crippen LogP contribution is -2.34. The molecule has 3 N–H and O–H groups in total. The van der Waals surface area contributed by atoms with E-state index >= 15 is 0 Å². The van der Waals surface area contributed by atoms with Gasteiger partial charge in [0.05, 0.1) is 6.04 Å². The van der Waals surface area contributed by atoms with Crippen molar-refractivity contribution >= 4 is 11.7 Å². The lowest BCUT2D eigenvalue weighted by atomic mass is 9.96. The molecule has 4 nitrogen and oxygen atoms in total. The maximum absolute atomic E-state index is 11.1. The number of amides is 1. The van der Waals surface area contributed by atoms with Crippen molar-refractivity contribution in [1.82, 2.24) is 5.32 Å². The molecule has 4 heteroatoms. The Morgan fingerprint density at radius 1 is 1.77 bits per heavy atom. The molecule has 0 aliphatic carbocycles. The Kier molecular flexibility index (Phi) is 3.42. The molecule has 1 amide bonds. The third-order valence-electron chi connectivity index (χ3n) is 2.46. The number of rotatable bonds is 4. The first-order valence-corrected chi connectivity index (χ1v) is 4.71. The number of hydrogen-bond acceptors (Lipinski definition) is 3. The van der Waals surface area contributed by atoms with Gasteiger partial charge in [-0.05, 0) is 12.8 Å². The van der Waals surface area contributed by atoms with Gasteiger partial charge in [0, 0.05) is 18.9 Å². The van der Waals surface area contributed by atoms with Gasteiger partial charge in [0.25, 0.3) is 0 Å². The molecule has 13 heavy (non-hydrogen) atoms. The van der Waals surface area contributed by atoms with E-state index in [9.17, 15) is 9.59 Å². The van der Waals surface area contributed by atoms with Crippen LogP contribution in [-0.2, 0) is 9.59 Å². The molecule has 1 rings (SSSR count). The van der Waals surface area contributed by atoms with Gasteiger partial charge in [-0.1, -0.05) is 6.92 Å². The summed E-state index contributed by atoms with van der Waals surface area (Å²) >= 11 is 0. The molecule has 0 unspecified atom stereocenters. The fourth-order valence-corrected chi connectivity index (χ4v) is 1.57. The Morgan fingerprint density at radius 2 is 2.46 bits per heavy atom. The highest BCUT2D eigenvalue weighted by Gasteiger charge is 2.27. The molecule has 0 aromatic rings. The summed E-state index contributed by atoms with van der Waals surface area (Å²) in [6.45, 7) is 2.51. The molecule has 1 aliphatic heterocycles. The van der Waals surface area contributed by atoms with Crippen molar-refractivity contribution in [2.45, 2.75) is 32.2 Å². The van der Waals surface area contributed by atoms with Gasteiger partial charge in [0.1, 0.15) is 5.78 Å². The van der Waals surface area contributed by atoms with Crippen LogP contribution in [0.4, 0.5) is 0 Å². The quantitative estimate of drug-likeness (QED) is 0.636. The second-order valence-corrected chi connectivity index (χ2v) is 3.44. The predicted molar refractivity (Wildman–Crippen MR) is 49.0 cm³/mol. The number of Topliss-reactive ketones (excluding diaryl/α,β-unsaturated/α-hetero) is 1. The molecular formula is C9H16N2O2. The van der Waals surface area contributed by atoms with Crippen molar-refractivity contribution in [3.63, 3.8) is 0 Å². The molecule has 2 atom stereocenters. The van der Waals surface area contributed by atoms with Crippen LogP contribution < -0.4 is 11.1 Å². The van der Waals surface area contributed by atoms with Gasteiger partial charge in [-0.15, -0.1) is 0 Å². The predicted octanol–water partition coefficient (Wildman–Crippen LogP) is -0.181. The van der Waals surface area contributed by atoms with E-state index in [1.165, 1.54) is 0 Å². The molecule has 1 fully saturated rings. The van der Waals surface area contributed by atoms with Crippen LogP contribution in [0.15, 0.2) is 0 Å². The van der Waals surface area contributed by atoms with Crippen molar-refractivity contribution in [3.05, 3.63) is 0 Å². The van der Waals surface area contributed by atoms with Gasteiger partial charge in [0.2, 0.25) is 5.91 Å². The fourth-order valence-electron chi connectivity index (χ4n) is 1.57. The van der Waals surface area contributed by atoms with Gasteiger partial charge in [0.15, 0.2) is 0 Å². The highest BCUT2D eigenvalue weighted by Crippen LogP contribution is 2.15. The van der Waals surface area contributed by atoms with E-state index in [1.54, 1.807) is 6.92 Å². The molecule has 0 bridgehead atoms. The summed E-state index contributed by atoms with van der Waals surface area (Å²) in [4.78, 5) is 22.3. The molecule has 1 aliphatic rings. The second kappa shape index (κ2) is 4.37. The number of ketones is 1. The van der Waals surface area contributed by atoms with E-state index < -0.39 is 6.04 Å². The first kappa shape index (κ1) is 10.2. The summed E-state index contributed by atoms with van der Waals surface area (Å²) in [5, 5.41) is 2.73. The van der Waals surface area contributed by atoms with E-state index in [0.717, 1.165) is 13.0 Å². The molecule has 0 spiro atoms. The van der Waals surface area contributed by atoms with Crippen LogP contribution in [0.3, 0.4) is 0 Å². The first-order valence-electron chi connectivity index (χ1n) is 4.71. The molecule has 74 valence electrons. The van der Waals surface area contributed by atoms with Crippen LogP contribution >= 0.6 is 0 Å². The van der Waals surface area contributed by atoms with Crippen LogP contribution in [-0.4, -0.2) is 24.3 Å². The normalized spacial score (nSPS) is 24.2. The van der Waals surface area contributed by atoms with Crippen molar-refractivity contribution in [3.8, 4) is 0 Å². The number of hydrogen-bond donors (Lipinski definition) is 2. The Hall–Kier alpha value is -0.900. The summed E-state index contributed by atoms with van der Waals surface area (Å²) in [5.41, 5.74) is 5.64. The lowest BCUT2D eigenvalue weighted by molar-refractivity contribution is -0.123. The second-order valence-electron chi connectivity index (χ2n) is 3.44. The Morgan fingerprint density at radius 3 is 2.92 bits per heavy atom. The third-order valence-corrected chi connectivity index (χ3v) is 2.46. The van der Waals surface area contributed by atoms with Gasteiger partial charge in [-0.2, -0.15) is 0 Å². The average Bonchev–Trinajstić information content (AvgIpc) is 2.50. The number of carbonyl (C=O) groups excluding carboxylic acids is 2. The van der Waals surface area contributed by atoms with Crippen molar-refractivity contribution in [2.75, 3.05) is 6.54 Å². The number of nitrogens with one attached hydrogen (secondary N) is 1. The topological polar surface area (TPSA) is 72.2 Å². The van der Waals surface area contributed by atoms with Gasteiger partial charge < -0.3 is 11.1 Å². The zero-order valence-electron chi connectivity index (χ0n) is 7.88. The zero-order chi connectivity index (χ0) is 9.84. The number of carbonyl (C=O) groups is 2. The summed E-state index contributed by atoms with van der Waals surface area (Å²) in [7, 11) is 0. The van der Waals surface area contributed by atoms with E-state index in [0.29, 0.717) is 12.8 Å². The molecule has 0 aromatic carbocycles.